The van der Waals surface area contributed by atoms with Crippen LogP contribution < -0.4 is 4.74 Å². The molecule has 1 unspecified atom stereocenters. The van der Waals surface area contributed by atoms with E-state index in [0.29, 0.717) is 47.5 Å². The predicted octanol–water partition coefficient (Wildman–Crippen LogP) is 7.61. The first-order valence-corrected chi connectivity index (χ1v) is 16.1. The molecule has 0 bridgehead atoms. The molecule has 0 spiro atoms. The first kappa shape index (κ1) is 31.6. The zero-order valence-electron chi connectivity index (χ0n) is 23.3. The lowest BCUT2D eigenvalue weighted by atomic mass is 9.83. The predicted molar refractivity (Wildman–Crippen MR) is 166 cm³/mol. The number of ether oxygens (including phenoxy) is 1. The molecule has 1 aliphatic carbocycles. The van der Waals surface area contributed by atoms with Crippen LogP contribution >= 0.6 is 34.8 Å². The second-order valence-corrected chi connectivity index (χ2v) is 13.7. The molecule has 7 nitrogen and oxygen atoms in total. The Balaban J connectivity index is 1.90. The minimum Gasteiger partial charge on any atom is -0.493 e. The van der Waals surface area contributed by atoms with Gasteiger partial charge in [-0.05, 0) is 93.6 Å². The maximum absolute atomic E-state index is 13.6. The summed E-state index contributed by atoms with van der Waals surface area (Å²) in [6.45, 7) is 7.08. The number of hydrogen-bond acceptors (Lipinski definition) is 5. The third-order valence-electron chi connectivity index (χ3n) is 7.27. The Morgan fingerprint density at radius 2 is 1.80 bits per heavy atom. The van der Waals surface area contributed by atoms with Crippen molar-refractivity contribution in [3.63, 3.8) is 0 Å². The molecule has 0 radical (unpaired) electrons. The minimum atomic E-state index is -3.77. The van der Waals surface area contributed by atoms with Crippen molar-refractivity contribution in [1.82, 2.24) is 9.21 Å². The van der Waals surface area contributed by atoms with Gasteiger partial charge in [-0.15, -0.1) is 0 Å². The highest BCUT2D eigenvalue weighted by atomic mass is 35.5. The largest absolute Gasteiger partial charge is 0.493 e. The number of benzene rings is 2. The fraction of sp³-hybridized carbons (Fsp3) is 0.400. The number of halogens is 3. The second-order valence-electron chi connectivity index (χ2n) is 10.5. The SMILES string of the molecule is CCOc1ccc(S(=O)(=O)N2CCCC2)cc1/C(=N/C(C)(C)C1C=CC(Cl)=CC1)N(Cc1ccc(Cl)cc1)C(=O)Cl. The Labute approximate surface area is 257 Å². The summed E-state index contributed by atoms with van der Waals surface area (Å²) in [5, 5.41) is 0.439. The molecule has 0 aromatic heterocycles. The molecule has 1 atom stereocenters. The van der Waals surface area contributed by atoms with Gasteiger partial charge in [0.15, 0.2) is 0 Å². The number of allylic oxidation sites excluding steroid dienone is 3. The van der Waals surface area contributed by atoms with E-state index in [1.807, 2.05) is 39.0 Å². The number of amides is 1. The Kier molecular flexibility index (Phi) is 10.2. The van der Waals surface area contributed by atoms with Crippen molar-refractivity contribution in [2.24, 2.45) is 10.9 Å². The van der Waals surface area contributed by atoms with E-state index >= 15 is 0 Å². The molecule has 2 aromatic carbocycles. The number of carbonyl (C=O) groups is 1. The summed E-state index contributed by atoms with van der Waals surface area (Å²) < 4.78 is 34.6. The van der Waals surface area contributed by atoms with Crippen molar-refractivity contribution in [1.29, 1.82) is 0 Å². The molecule has 0 saturated carbocycles. The van der Waals surface area contributed by atoms with Crippen molar-refractivity contribution in [3.8, 4) is 5.75 Å². The van der Waals surface area contributed by atoms with Gasteiger partial charge in [0, 0.05) is 29.1 Å². The number of aliphatic imine (C=N–C) groups is 1. The summed E-state index contributed by atoms with van der Waals surface area (Å²) >= 11 is 18.5. The molecule has 2 aromatic rings. The fourth-order valence-electron chi connectivity index (χ4n) is 4.94. The van der Waals surface area contributed by atoms with E-state index in [0.717, 1.165) is 18.4 Å². The summed E-state index contributed by atoms with van der Waals surface area (Å²) in [4.78, 5) is 19.6. The van der Waals surface area contributed by atoms with Crippen LogP contribution in [0.3, 0.4) is 0 Å². The molecule has 220 valence electrons. The van der Waals surface area contributed by atoms with Crippen LogP contribution in [0.4, 0.5) is 4.79 Å². The Morgan fingerprint density at radius 1 is 1.12 bits per heavy atom. The summed E-state index contributed by atoms with van der Waals surface area (Å²) in [6.07, 6.45) is 8.02. The first-order valence-electron chi connectivity index (χ1n) is 13.5. The number of hydrogen-bond donors (Lipinski definition) is 0. The van der Waals surface area contributed by atoms with Gasteiger partial charge in [-0.2, -0.15) is 4.31 Å². The van der Waals surface area contributed by atoms with Crippen LogP contribution in [0.25, 0.3) is 0 Å². The van der Waals surface area contributed by atoms with Gasteiger partial charge in [0.1, 0.15) is 11.6 Å². The highest BCUT2D eigenvalue weighted by molar-refractivity contribution is 7.89. The van der Waals surface area contributed by atoms with Gasteiger partial charge in [0.2, 0.25) is 10.0 Å². The molecule has 1 amide bonds. The average molecular weight is 639 g/mol. The van der Waals surface area contributed by atoms with Gasteiger partial charge in [-0.1, -0.05) is 47.5 Å². The lowest BCUT2D eigenvalue weighted by molar-refractivity contribution is 0.241. The van der Waals surface area contributed by atoms with Crippen molar-refractivity contribution < 1.29 is 17.9 Å². The molecule has 4 rings (SSSR count). The number of sulfonamides is 1. The molecule has 0 N–H and O–H groups in total. The van der Waals surface area contributed by atoms with Crippen LogP contribution in [0.2, 0.25) is 5.02 Å². The van der Waals surface area contributed by atoms with Crippen LogP contribution in [0, 0.1) is 5.92 Å². The van der Waals surface area contributed by atoms with Gasteiger partial charge < -0.3 is 4.74 Å². The maximum Gasteiger partial charge on any atom is 0.322 e. The van der Waals surface area contributed by atoms with E-state index < -0.39 is 20.9 Å². The van der Waals surface area contributed by atoms with E-state index in [9.17, 15) is 13.2 Å². The smallest absolute Gasteiger partial charge is 0.322 e. The molecule has 1 saturated heterocycles. The van der Waals surface area contributed by atoms with E-state index in [4.69, 9.17) is 44.5 Å². The van der Waals surface area contributed by atoms with E-state index in [1.54, 1.807) is 30.3 Å². The summed E-state index contributed by atoms with van der Waals surface area (Å²) in [7, 11) is -3.77. The standard InChI is InChI=1S/C30H34Cl3N3O4S/c1-4-40-27-16-15-25(41(38,39)35-17-5-6-18-35)19-26(27)28(34-30(2,3)22-9-13-24(32)14-10-22)36(29(33)37)20-21-7-11-23(31)12-8-21/h7-9,11-16,19,22H,4-6,10,17-18,20H2,1-3H3/b34-28-. The van der Waals surface area contributed by atoms with E-state index in [-0.39, 0.29) is 23.2 Å². The lowest BCUT2D eigenvalue weighted by Gasteiger charge is -2.33. The number of carbonyl (C=O) groups excluding carboxylic acids is 1. The van der Waals surface area contributed by atoms with Crippen LogP contribution in [-0.2, 0) is 16.6 Å². The fourth-order valence-corrected chi connectivity index (χ4v) is 6.91. The first-order chi connectivity index (χ1) is 19.4. The molecule has 2 aliphatic rings. The molecule has 1 heterocycles. The zero-order valence-corrected chi connectivity index (χ0v) is 26.4. The van der Waals surface area contributed by atoms with Crippen molar-refractivity contribution in [3.05, 3.63) is 81.9 Å². The summed E-state index contributed by atoms with van der Waals surface area (Å²) in [6, 6.07) is 11.7. The van der Waals surface area contributed by atoms with E-state index in [2.05, 4.69) is 0 Å². The highest BCUT2D eigenvalue weighted by Gasteiger charge is 2.34. The lowest BCUT2D eigenvalue weighted by Crippen LogP contribution is -2.38. The quantitative estimate of drug-likeness (QED) is 0.123. The minimum absolute atomic E-state index is 0.0464. The maximum atomic E-state index is 13.6. The number of amidine groups is 1. The van der Waals surface area contributed by atoms with Gasteiger partial charge in [-0.3, -0.25) is 14.7 Å². The molecule has 41 heavy (non-hydrogen) atoms. The van der Waals surface area contributed by atoms with Crippen molar-refractivity contribution in [2.75, 3.05) is 19.7 Å². The monoisotopic (exact) mass is 637 g/mol. The number of nitrogens with zero attached hydrogens (tertiary/aromatic N) is 3. The summed E-state index contributed by atoms with van der Waals surface area (Å²) in [5.74, 6) is 0.555. The number of rotatable bonds is 9. The molecule has 1 fully saturated rings. The Morgan fingerprint density at radius 3 is 2.39 bits per heavy atom. The normalized spacial score (nSPS) is 18.3. The van der Waals surface area contributed by atoms with Crippen LogP contribution in [-0.4, -0.2) is 54.1 Å². The zero-order chi connectivity index (χ0) is 29.8. The van der Waals surface area contributed by atoms with Gasteiger partial charge in [0.25, 0.3) is 0 Å². The molecular weight excluding hydrogens is 605 g/mol. The average Bonchev–Trinajstić information content (AvgIpc) is 3.48. The van der Waals surface area contributed by atoms with Gasteiger partial charge >= 0.3 is 5.37 Å². The molecule has 1 aliphatic heterocycles. The van der Waals surface area contributed by atoms with Crippen molar-refractivity contribution in [2.45, 2.75) is 57.0 Å². The van der Waals surface area contributed by atoms with Crippen LogP contribution in [0.15, 0.2) is 75.6 Å². The highest BCUT2D eigenvalue weighted by Crippen LogP contribution is 2.35. The van der Waals surface area contributed by atoms with Crippen LogP contribution in [0.1, 0.15) is 51.2 Å². The Bertz CT molecular complexity index is 1460. The Hall–Kier alpha value is -2.36. The van der Waals surface area contributed by atoms with Gasteiger partial charge in [-0.25, -0.2) is 8.42 Å². The third kappa shape index (κ3) is 7.54. The second kappa shape index (κ2) is 13.3. The van der Waals surface area contributed by atoms with Crippen LogP contribution in [0.5, 0.6) is 5.75 Å². The van der Waals surface area contributed by atoms with Crippen molar-refractivity contribution >= 4 is 56.0 Å². The third-order valence-corrected chi connectivity index (χ3v) is 9.90. The molecular formula is C30H34Cl3N3O4S. The topological polar surface area (TPSA) is 79.3 Å². The molecule has 11 heteroatoms. The van der Waals surface area contributed by atoms with E-state index in [1.165, 1.54) is 21.3 Å². The summed E-state index contributed by atoms with van der Waals surface area (Å²) in [5.41, 5.74) is 0.383. The van der Waals surface area contributed by atoms with Gasteiger partial charge in [0.05, 0.1) is 29.1 Å².